The Hall–Kier alpha value is -1.09. The molecule has 1 aliphatic carbocycles. The molecule has 2 aromatic rings. The molecule has 0 atom stereocenters. The van der Waals surface area contributed by atoms with Crippen molar-refractivity contribution in [2.75, 3.05) is 0 Å². The van der Waals surface area contributed by atoms with Crippen LogP contribution in [0.4, 0.5) is 0 Å². The first-order valence-electron chi connectivity index (χ1n) is 5.00. The molecule has 0 aliphatic heterocycles. The van der Waals surface area contributed by atoms with Crippen LogP contribution in [0.3, 0.4) is 0 Å². The topological polar surface area (TPSA) is 30.2 Å². The molecule has 0 N–H and O–H groups in total. The first-order chi connectivity index (χ1) is 7.25. The summed E-state index contributed by atoms with van der Waals surface area (Å²) in [4.78, 5) is 12.1. The van der Waals surface area contributed by atoms with Gasteiger partial charge in [-0.15, -0.1) is 0 Å². The van der Waals surface area contributed by atoms with E-state index in [1.54, 1.807) is 0 Å². The lowest BCUT2D eigenvalue weighted by Crippen LogP contribution is -2.08. The van der Waals surface area contributed by atoms with E-state index in [1.807, 2.05) is 18.2 Å². The van der Waals surface area contributed by atoms with Gasteiger partial charge >= 0.3 is 0 Å². The molecule has 0 bridgehead atoms. The minimum atomic E-state index is 0.144. The van der Waals surface area contributed by atoms with Gasteiger partial charge in [-0.3, -0.25) is 4.79 Å². The van der Waals surface area contributed by atoms with E-state index >= 15 is 0 Å². The summed E-state index contributed by atoms with van der Waals surface area (Å²) < 4.78 is 6.64. The van der Waals surface area contributed by atoms with E-state index in [0.29, 0.717) is 11.0 Å². The number of aryl methyl sites for hydroxylation is 1. The molecule has 2 nitrogen and oxygen atoms in total. The number of hydrogen-bond donors (Lipinski definition) is 0. The first kappa shape index (κ1) is 9.16. The summed E-state index contributed by atoms with van der Waals surface area (Å²) in [6, 6.07) is 5.58. The van der Waals surface area contributed by atoms with Crippen molar-refractivity contribution >= 4 is 26.9 Å². The molecule has 76 valence electrons. The van der Waals surface area contributed by atoms with Crippen LogP contribution < -0.4 is 5.43 Å². The van der Waals surface area contributed by atoms with E-state index < -0.39 is 0 Å². The monoisotopic (exact) mass is 264 g/mol. The van der Waals surface area contributed by atoms with Crippen LogP contribution in [0.1, 0.15) is 17.7 Å². The van der Waals surface area contributed by atoms with Crippen molar-refractivity contribution in [3.05, 3.63) is 44.2 Å². The SMILES string of the molecule is O=c1c2c(oc3ccc(Br)cc13)CCC2. The van der Waals surface area contributed by atoms with E-state index in [-0.39, 0.29) is 5.43 Å². The molecule has 1 aromatic heterocycles. The van der Waals surface area contributed by atoms with Crippen molar-refractivity contribution in [2.45, 2.75) is 19.3 Å². The number of benzene rings is 1. The Labute approximate surface area is 95.0 Å². The minimum Gasteiger partial charge on any atom is -0.461 e. The van der Waals surface area contributed by atoms with Gasteiger partial charge in [0, 0.05) is 16.5 Å². The summed E-state index contributed by atoms with van der Waals surface area (Å²) in [6.07, 6.45) is 2.79. The van der Waals surface area contributed by atoms with Crippen molar-refractivity contribution in [1.82, 2.24) is 0 Å². The molecule has 0 fully saturated rings. The van der Waals surface area contributed by atoms with Crippen LogP contribution in [0.15, 0.2) is 31.9 Å². The van der Waals surface area contributed by atoms with Gasteiger partial charge in [-0.05, 0) is 31.0 Å². The normalized spacial score (nSPS) is 14.5. The van der Waals surface area contributed by atoms with Crippen molar-refractivity contribution < 1.29 is 4.42 Å². The van der Waals surface area contributed by atoms with Crippen LogP contribution >= 0.6 is 15.9 Å². The molecule has 1 heterocycles. The lowest BCUT2D eigenvalue weighted by atomic mass is 10.1. The van der Waals surface area contributed by atoms with Gasteiger partial charge in [-0.1, -0.05) is 15.9 Å². The zero-order valence-corrected chi connectivity index (χ0v) is 9.63. The van der Waals surface area contributed by atoms with Gasteiger partial charge in [-0.25, -0.2) is 0 Å². The summed E-state index contributed by atoms with van der Waals surface area (Å²) in [5, 5.41) is 0.685. The van der Waals surface area contributed by atoms with Crippen molar-refractivity contribution in [3.63, 3.8) is 0 Å². The van der Waals surface area contributed by atoms with Crippen LogP contribution in [0.25, 0.3) is 11.0 Å². The Morgan fingerprint density at radius 3 is 3.00 bits per heavy atom. The van der Waals surface area contributed by atoms with Gasteiger partial charge in [0.2, 0.25) is 0 Å². The fraction of sp³-hybridized carbons (Fsp3) is 0.250. The highest BCUT2D eigenvalue weighted by Crippen LogP contribution is 2.25. The molecule has 0 unspecified atom stereocenters. The molecule has 1 aromatic carbocycles. The largest absolute Gasteiger partial charge is 0.461 e. The second kappa shape index (κ2) is 3.20. The quantitative estimate of drug-likeness (QED) is 0.732. The van der Waals surface area contributed by atoms with Crippen LogP contribution in [-0.2, 0) is 12.8 Å². The number of rotatable bonds is 0. The third-order valence-corrected chi connectivity index (χ3v) is 3.35. The zero-order valence-electron chi connectivity index (χ0n) is 8.05. The smallest absolute Gasteiger partial charge is 0.196 e. The van der Waals surface area contributed by atoms with E-state index in [9.17, 15) is 4.79 Å². The highest BCUT2D eigenvalue weighted by Gasteiger charge is 2.18. The predicted octanol–water partition coefficient (Wildman–Crippen LogP) is 3.04. The van der Waals surface area contributed by atoms with E-state index in [4.69, 9.17) is 4.42 Å². The highest BCUT2D eigenvalue weighted by atomic mass is 79.9. The van der Waals surface area contributed by atoms with Crippen molar-refractivity contribution in [1.29, 1.82) is 0 Å². The van der Waals surface area contributed by atoms with Gasteiger partial charge in [-0.2, -0.15) is 0 Å². The van der Waals surface area contributed by atoms with E-state index in [1.165, 1.54) is 0 Å². The van der Waals surface area contributed by atoms with Gasteiger partial charge in [0.1, 0.15) is 11.3 Å². The Kier molecular flexibility index (Phi) is 1.96. The predicted molar refractivity (Wildman–Crippen MR) is 62.2 cm³/mol. The maximum atomic E-state index is 12.1. The summed E-state index contributed by atoms with van der Waals surface area (Å²) in [5.41, 5.74) is 1.72. The van der Waals surface area contributed by atoms with Gasteiger partial charge in [0.15, 0.2) is 5.43 Å². The second-order valence-corrected chi connectivity index (χ2v) is 4.74. The fourth-order valence-electron chi connectivity index (χ4n) is 2.13. The molecular weight excluding hydrogens is 256 g/mol. The molecule has 1 aliphatic rings. The summed E-state index contributed by atoms with van der Waals surface area (Å²) >= 11 is 3.37. The van der Waals surface area contributed by atoms with Crippen LogP contribution in [0, 0.1) is 0 Å². The molecule has 0 radical (unpaired) electrons. The van der Waals surface area contributed by atoms with Gasteiger partial charge in [0.25, 0.3) is 0 Å². The van der Waals surface area contributed by atoms with Crippen LogP contribution in [0.2, 0.25) is 0 Å². The number of hydrogen-bond acceptors (Lipinski definition) is 2. The Bertz CT molecular complexity index is 598. The average Bonchev–Trinajstić information content (AvgIpc) is 2.68. The summed E-state index contributed by atoms with van der Waals surface area (Å²) in [7, 11) is 0. The maximum Gasteiger partial charge on any atom is 0.196 e. The van der Waals surface area contributed by atoms with Crippen LogP contribution in [0.5, 0.6) is 0 Å². The number of fused-ring (bicyclic) bond motifs is 2. The molecule has 0 saturated carbocycles. The van der Waals surface area contributed by atoms with Gasteiger partial charge in [0.05, 0.1) is 5.39 Å². The van der Waals surface area contributed by atoms with E-state index in [0.717, 1.165) is 35.1 Å². The Morgan fingerprint density at radius 1 is 1.27 bits per heavy atom. The lowest BCUT2D eigenvalue weighted by Gasteiger charge is -2.02. The maximum absolute atomic E-state index is 12.1. The average molecular weight is 265 g/mol. The molecule has 0 spiro atoms. The Morgan fingerprint density at radius 2 is 2.13 bits per heavy atom. The molecule has 0 saturated heterocycles. The zero-order chi connectivity index (χ0) is 10.4. The first-order valence-corrected chi connectivity index (χ1v) is 5.79. The summed E-state index contributed by atoms with van der Waals surface area (Å²) in [5.74, 6) is 0.884. The summed E-state index contributed by atoms with van der Waals surface area (Å²) in [6.45, 7) is 0. The van der Waals surface area contributed by atoms with Gasteiger partial charge < -0.3 is 4.42 Å². The van der Waals surface area contributed by atoms with Crippen LogP contribution in [-0.4, -0.2) is 0 Å². The third-order valence-electron chi connectivity index (χ3n) is 2.86. The second-order valence-electron chi connectivity index (χ2n) is 3.83. The Balaban J connectivity index is 2.47. The standard InChI is InChI=1S/C12H9BrO2/c13-7-4-5-11-9(6-7)12(14)8-2-1-3-10(8)15-11/h4-6H,1-3H2. The van der Waals surface area contributed by atoms with Crippen molar-refractivity contribution in [3.8, 4) is 0 Å². The molecule has 3 rings (SSSR count). The third kappa shape index (κ3) is 1.34. The molecule has 0 amide bonds. The van der Waals surface area contributed by atoms with Crippen molar-refractivity contribution in [2.24, 2.45) is 0 Å². The molecule has 15 heavy (non-hydrogen) atoms. The minimum absolute atomic E-state index is 0.144. The van der Waals surface area contributed by atoms with E-state index in [2.05, 4.69) is 15.9 Å². The lowest BCUT2D eigenvalue weighted by molar-refractivity contribution is 0.545. The number of halogens is 1. The fourth-order valence-corrected chi connectivity index (χ4v) is 2.49. The molecule has 3 heteroatoms. The molecular formula is C12H9BrO2. The highest BCUT2D eigenvalue weighted by molar-refractivity contribution is 9.10.